The largest absolute Gasteiger partial charge is 0.493 e. The van der Waals surface area contributed by atoms with Crippen LogP contribution in [0.5, 0.6) is 5.75 Å². The summed E-state index contributed by atoms with van der Waals surface area (Å²) in [5.74, 6) is 1.29. The van der Waals surface area contributed by atoms with Gasteiger partial charge < -0.3 is 9.15 Å². The number of aryl methyl sites for hydroxylation is 1. The molecule has 1 aliphatic rings. The molecule has 0 N–H and O–H groups in total. The number of rotatable bonds is 1. The van der Waals surface area contributed by atoms with Crippen LogP contribution in [0.25, 0.3) is 11.0 Å². The molecule has 1 aliphatic heterocycles. The summed E-state index contributed by atoms with van der Waals surface area (Å²) < 4.78 is 10.9. The van der Waals surface area contributed by atoms with Crippen LogP contribution in [-0.4, -0.2) is 12.9 Å². The molecule has 3 nitrogen and oxygen atoms in total. The monoisotopic (exact) mass is 202 g/mol. The predicted octanol–water partition coefficient (Wildman–Crippen LogP) is 2.57. The molecule has 0 saturated heterocycles. The second-order valence-corrected chi connectivity index (χ2v) is 3.72. The van der Waals surface area contributed by atoms with Crippen LogP contribution in [0.2, 0.25) is 0 Å². The van der Waals surface area contributed by atoms with Gasteiger partial charge in [-0.15, -0.1) is 0 Å². The summed E-state index contributed by atoms with van der Waals surface area (Å²) in [6.07, 6.45) is 2.78. The molecular formula is C12H10O3. The van der Waals surface area contributed by atoms with Crippen LogP contribution in [0, 0.1) is 0 Å². The second-order valence-electron chi connectivity index (χ2n) is 3.72. The van der Waals surface area contributed by atoms with E-state index in [4.69, 9.17) is 9.15 Å². The minimum Gasteiger partial charge on any atom is -0.493 e. The van der Waals surface area contributed by atoms with Gasteiger partial charge in [-0.05, 0) is 36.6 Å². The van der Waals surface area contributed by atoms with E-state index in [-0.39, 0.29) is 0 Å². The minimum atomic E-state index is 0.368. The van der Waals surface area contributed by atoms with Crippen molar-refractivity contribution < 1.29 is 13.9 Å². The van der Waals surface area contributed by atoms with Crippen LogP contribution < -0.4 is 4.74 Å². The Hall–Kier alpha value is -1.77. The summed E-state index contributed by atoms with van der Waals surface area (Å²) in [6, 6.07) is 5.65. The first-order valence-corrected chi connectivity index (χ1v) is 5.01. The van der Waals surface area contributed by atoms with Crippen LogP contribution in [0.1, 0.15) is 22.5 Å². The summed E-state index contributed by atoms with van der Waals surface area (Å²) in [7, 11) is 0. The van der Waals surface area contributed by atoms with Gasteiger partial charge in [0.15, 0.2) is 12.0 Å². The standard InChI is InChI=1S/C12H10O3/c13-7-10-4-9-6-11-8(2-1-3-14-11)5-12(9)15-10/h4-7H,1-3H2. The zero-order chi connectivity index (χ0) is 10.3. The maximum absolute atomic E-state index is 10.6. The SMILES string of the molecule is O=Cc1cc2cc3c(cc2o1)CCCO3. The van der Waals surface area contributed by atoms with Gasteiger partial charge in [-0.3, -0.25) is 4.79 Å². The van der Waals surface area contributed by atoms with E-state index in [1.165, 1.54) is 5.56 Å². The van der Waals surface area contributed by atoms with Crippen molar-refractivity contribution in [2.75, 3.05) is 6.61 Å². The van der Waals surface area contributed by atoms with Crippen LogP contribution in [-0.2, 0) is 6.42 Å². The fraction of sp³-hybridized carbons (Fsp3) is 0.250. The van der Waals surface area contributed by atoms with Gasteiger partial charge in [0.1, 0.15) is 11.3 Å². The molecule has 0 unspecified atom stereocenters. The summed E-state index contributed by atoms with van der Waals surface area (Å²) in [4.78, 5) is 10.6. The lowest BCUT2D eigenvalue weighted by atomic mass is 10.1. The third kappa shape index (κ3) is 1.31. The molecule has 3 heteroatoms. The number of benzene rings is 1. The molecule has 1 aromatic heterocycles. The van der Waals surface area contributed by atoms with Crippen LogP contribution in [0.15, 0.2) is 22.6 Å². The quantitative estimate of drug-likeness (QED) is 0.667. The van der Waals surface area contributed by atoms with E-state index in [1.54, 1.807) is 6.07 Å². The molecule has 0 spiro atoms. The van der Waals surface area contributed by atoms with Gasteiger partial charge in [0.05, 0.1) is 6.61 Å². The van der Waals surface area contributed by atoms with Gasteiger partial charge in [-0.1, -0.05) is 0 Å². The van der Waals surface area contributed by atoms with Gasteiger partial charge in [0, 0.05) is 5.39 Å². The maximum atomic E-state index is 10.6. The first-order valence-electron chi connectivity index (χ1n) is 5.01. The van der Waals surface area contributed by atoms with Crippen LogP contribution in [0.4, 0.5) is 0 Å². The Bertz CT molecular complexity index is 482. The molecule has 2 aromatic rings. The van der Waals surface area contributed by atoms with E-state index in [1.807, 2.05) is 12.1 Å². The van der Waals surface area contributed by atoms with E-state index in [0.717, 1.165) is 42.5 Å². The van der Waals surface area contributed by atoms with Crippen molar-refractivity contribution in [1.29, 1.82) is 0 Å². The molecular weight excluding hydrogens is 192 g/mol. The van der Waals surface area contributed by atoms with Crippen molar-refractivity contribution in [3.63, 3.8) is 0 Å². The molecule has 0 radical (unpaired) electrons. The molecule has 0 aliphatic carbocycles. The number of furan rings is 1. The highest BCUT2D eigenvalue weighted by Gasteiger charge is 2.13. The van der Waals surface area contributed by atoms with E-state index >= 15 is 0 Å². The predicted molar refractivity (Wildman–Crippen MR) is 55.4 cm³/mol. The molecule has 0 saturated carbocycles. The van der Waals surface area contributed by atoms with Crippen molar-refractivity contribution in [3.05, 3.63) is 29.5 Å². The van der Waals surface area contributed by atoms with E-state index in [0.29, 0.717) is 5.76 Å². The van der Waals surface area contributed by atoms with Gasteiger partial charge in [-0.2, -0.15) is 0 Å². The highest BCUT2D eigenvalue weighted by atomic mass is 16.5. The fourth-order valence-electron chi connectivity index (χ4n) is 1.96. The Morgan fingerprint density at radius 2 is 2.20 bits per heavy atom. The van der Waals surface area contributed by atoms with Crippen molar-refractivity contribution >= 4 is 17.3 Å². The lowest BCUT2D eigenvalue weighted by Gasteiger charge is -2.16. The Kier molecular flexibility index (Phi) is 1.78. The number of carbonyl (C=O) groups is 1. The summed E-state index contributed by atoms with van der Waals surface area (Å²) in [6.45, 7) is 0.775. The van der Waals surface area contributed by atoms with E-state index in [9.17, 15) is 4.79 Å². The smallest absolute Gasteiger partial charge is 0.185 e. The van der Waals surface area contributed by atoms with Crippen molar-refractivity contribution in [2.24, 2.45) is 0 Å². The van der Waals surface area contributed by atoms with Gasteiger partial charge in [0.2, 0.25) is 0 Å². The molecule has 76 valence electrons. The second kappa shape index (κ2) is 3.12. The Labute approximate surface area is 86.6 Å². The summed E-state index contributed by atoms with van der Waals surface area (Å²) in [5.41, 5.74) is 1.93. The van der Waals surface area contributed by atoms with Crippen molar-refractivity contribution in [2.45, 2.75) is 12.8 Å². The third-order valence-corrected chi connectivity index (χ3v) is 2.68. The maximum Gasteiger partial charge on any atom is 0.185 e. The number of ether oxygens (including phenoxy) is 1. The first kappa shape index (κ1) is 8.53. The van der Waals surface area contributed by atoms with Gasteiger partial charge in [-0.25, -0.2) is 0 Å². The van der Waals surface area contributed by atoms with Crippen molar-refractivity contribution in [1.82, 2.24) is 0 Å². The fourth-order valence-corrected chi connectivity index (χ4v) is 1.96. The zero-order valence-electron chi connectivity index (χ0n) is 8.16. The number of hydrogen-bond donors (Lipinski definition) is 0. The van der Waals surface area contributed by atoms with Crippen molar-refractivity contribution in [3.8, 4) is 5.75 Å². The number of aldehydes is 1. The molecule has 15 heavy (non-hydrogen) atoms. The summed E-state index contributed by atoms with van der Waals surface area (Å²) in [5, 5.41) is 0.928. The van der Waals surface area contributed by atoms with Gasteiger partial charge in [0.25, 0.3) is 0 Å². The van der Waals surface area contributed by atoms with E-state index < -0.39 is 0 Å². The highest BCUT2D eigenvalue weighted by Crippen LogP contribution is 2.31. The first-order chi connectivity index (χ1) is 7.36. The van der Waals surface area contributed by atoms with Crippen LogP contribution >= 0.6 is 0 Å². The molecule has 3 rings (SSSR count). The zero-order valence-corrected chi connectivity index (χ0v) is 8.16. The van der Waals surface area contributed by atoms with Crippen LogP contribution in [0.3, 0.4) is 0 Å². The lowest BCUT2D eigenvalue weighted by Crippen LogP contribution is -2.07. The topological polar surface area (TPSA) is 39.4 Å². The Balaban J connectivity index is 2.23. The molecule has 2 heterocycles. The third-order valence-electron chi connectivity index (χ3n) is 2.68. The molecule has 0 amide bonds. The lowest BCUT2D eigenvalue weighted by molar-refractivity contribution is 0.110. The van der Waals surface area contributed by atoms with Gasteiger partial charge >= 0.3 is 0 Å². The minimum absolute atomic E-state index is 0.368. The summed E-state index contributed by atoms with van der Waals surface area (Å²) >= 11 is 0. The Morgan fingerprint density at radius 1 is 1.27 bits per heavy atom. The van der Waals surface area contributed by atoms with E-state index in [2.05, 4.69) is 0 Å². The number of fused-ring (bicyclic) bond motifs is 2. The molecule has 1 aromatic carbocycles. The number of hydrogen-bond acceptors (Lipinski definition) is 3. The molecule has 0 fully saturated rings. The Morgan fingerprint density at radius 3 is 3.07 bits per heavy atom. The normalized spacial score (nSPS) is 14.7. The highest BCUT2D eigenvalue weighted by molar-refractivity contribution is 5.86. The number of carbonyl (C=O) groups excluding carboxylic acids is 1. The molecule has 0 bridgehead atoms. The molecule has 0 atom stereocenters. The average Bonchev–Trinajstić information content (AvgIpc) is 2.67. The average molecular weight is 202 g/mol.